The zero-order chi connectivity index (χ0) is 21.5. The minimum absolute atomic E-state index is 0.837. The van der Waals surface area contributed by atoms with Crippen LogP contribution < -0.4 is 0 Å². The minimum atomic E-state index is 0.837. The molecule has 0 N–H and O–H groups in total. The van der Waals surface area contributed by atoms with Gasteiger partial charge in [0.1, 0.15) is 10.7 Å². The summed E-state index contributed by atoms with van der Waals surface area (Å²) >= 11 is 1.71. The Labute approximate surface area is 190 Å². The first-order chi connectivity index (χ1) is 15.8. The van der Waals surface area contributed by atoms with Crippen molar-refractivity contribution in [3.8, 4) is 21.8 Å². The van der Waals surface area contributed by atoms with Gasteiger partial charge in [0.2, 0.25) is 0 Å². The fourth-order valence-corrected chi connectivity index (χ4v) is 5.46. The number of para-hydroxylation sites is 1. The Hall–Kier alpha value is -3.00. The highest BCUT2D eigenvalue weighted by atomic mass is 32.1. The molecule has 0 amide bonds. The van der Waals surface area contributed by atoms with Gasteiger partial charge >= 0.3 is 0 Å². The Morgan fingerprint density at radius 1 is 0.969 bits per heavy atom. The number of thiazole rings is 1. The summed E-state index contributed by atoms with van der Waals surface area (Å²) in [6, 6.07) is 12.8. The van der Waals surface area contributed by atoms with Crippen LogP contribution in [-0.4, -0.2) is 56.9 Å². The van der Waals surface area contributed by atoms with Gasteiger partial charge in [-0.25, -0.2) is 9.97 Å². The molecular weight excluding hydrogens is 418 g/mol. The van der Waals surface area contributed by atoms with Crippen LogP contribution in [0.2, 0.25) is 0 Å². The van der Waals surface area contributed by atoms with Crippen LogP contribution in [0.5, 0.6) is 0 Å². The molecule has 1 aliphatic heterocycles. The van der Waals surface area contributed by atoms with Crippen LogP contribution in [0.4, 0.5) is 0 Å². The molecule has 0 atom stereocenters. The van der Waals surface area contributed by atoms with Crippen molar-refractivity contribution in [1.82, 2.24) is 24.0 Å². The lowest BCUT2D eigenvalue weighted by molar-refractivity contribution is 0.0365. The highest BCUT2D eigenvalue weighted by molar-refractivity contribution is 7.13. The van der Waals surface area contributed by atoms with Crippen LogP contribution in [-0.2, 0) is 18.3 Å². The molecule has 0 radical (unpaired) electrons. The summed E-state index contributed by atoms with van der Waals surface area (Å²) in [5.41, 5.74) is 5.60. The Kier molecular flexibility index (Phi) is 5.02. The number of ether oxygens (including phenoxy) is 1. The maximum atomic E-state index is 5.49. The lowest BCUT2D eigenvalue weighted by atomic mass is 10.1. The van der Waals surface area contributed by atoms with E-state index in [1.54, 1.807) is 11.3 Å². The van der Waals surface area contributed by atoms with Gasteiger partial charge in [0, 0.05) is 84.6 Å². The fourth-order valence-electron chi connectivity index (χ4n) is 4.61. The SMILES string of the molecule is Cn1cc(-c2csc(-c3cn(CCN4CCOCC4)c4ccccc34)n2)c2cccnc21. The summed E-state index contributed by atoms with van der Waals surface area (Å²) in [5.74, 6) is 0. The third-order valence-electron chi connectivity index (χ3n) is 6.29. The van der Waals surface area contributed by atoms with Gasteiger partial charge in [-0.05, 0) is 18.2 Å². The number of morpholine rings is 1. The fraction of sp³-hybridized carbons (Fsp3) is 0.280. The molecule has 162 valence electrons. The van der Waals surface area contributed by atoms with Gasteiger partial charge in [-0.1, -0.05) is 18.2 Å². The van der Waals surface area contributed by atoms with Gasteiger partial charge in [0.25, 0.3) is 0 Å². The standard InChI is InChI=1S/C25H25N5OS/c1-28-15-20(19-6-4-8-26-24(19)28)22-17-32-25(27-22)21-16-30(23-7-3-2-5-18(21)23)10-9-29-11-13-31-14-12-29/h2-8,15-17H,9-14H2,1H3. The summed E-state index contributed by atoms with van der Waals surface area (Å²) in [6.07, 6.45) is 6.24. The van der Waals surface area contributed by atoms with E-state index in [0.29, 0.717) is 0 Å². The van der Waals surface area contributed by atoms with Crippen molar-refractivity contribution < 1.29 is 4.74 Å². The van der Waals surface area contributed by atoms with Crippen molar-refractivity contribution >= 4 is 33.3 Å². The highest BCUT2D eigenvalue weighted by Crippen LogP contribution is 2.36. The number of fused-ring (bicyclic) bond motifs is 2. The summed E-state index contributed by atoms with van der Waals surface area (Å²) in [4.78, 5) is 12.1. The topological polar surface area (TPSA) is 48.1 Å². The lowest BCUT2D eigenvalue weighted by Crippen LogP contribution is -2.38. The first-order valence-corrected chi connectivity index (χ1v) is 11.9. The predicted octanol–water partition coefficient (Wildman–Crippen LogP) is 4.65. The van der Waals surface area contributed by atoms with E-state index in [4.69, 9.17) is 9.72 Å². The molecule has 4 aromatic heterocycles. The summed E-state index contributed by atoms with van der Waals surface area (Å²) in [6.45, 7) is 5.71. The Morgan fingerprint density at radius 2 is 1.81 bits per heavy atom. The van der Waals surface area contributed by atoms with Crippen LogP contribution in [0.1, 0.15) is 0 Å². The minimum Gasteiger partial charge on any atom is -0.379 e. The maximum Gasteiger partial charge on any atom is 0.140 e. The van der Waals surface area contributed by atoms with E-state index in [1.807, 2.05) is 19.3 Å². The molecule has 1 aromatic carbocycles. The van der Waals surface area contributed by atoms with Crippen LogP contribution in [0, 0.1) is 0 Å². The normalized spacial score (nSPS) is 15.2. The Bertz CT molecular complexity index is 1390. The quantitative estimate of drug-likeness (QED) is 0.397. The van der Waals surface area contributed by atoms with Crippen molar-refractivity contribution in [3.63, 3.8) is 0 Å². The Balaban J connectivity index is 1.35. The molecule has 0 unspecified atom stereocenters. The number of rotatable bonds is 5. The van der Waals surface area contributed by atoms with Crippen LogP contribution in [0.25, 0.3) is 43.8 Å². The van der Waals surface area contributed by atoms with Crippen molar-refractivity contribution in [3.05, 3.63) is 60.4 Å². The number of nitrogens with zero attached hydrogens (tertiary/aromatic N) is 5. The van der Waals surface area contributed by atoms with E-state index in [2.05, 4.69) is 67.1 Å². The zero-order valence-electron chi connectivity index (χ0n) is 18.1. The third kappa shape index (κ3) is 3.43. The molecule has 1 fully saturated rings. The first kappa shape index (κ1) is 19.7. The van der Waals surface area contributed by atoms with E-state index < -0.39 is 0 Å². The van der Waals surface area contributed by atoms with Gasteiger partial charge in [-0.15, -0.1) is 11.3 Å². The molecule has 32 heavy (non-hydrogen) atoms. The number of aromatic nitrogens is 4. The first-order valence-electron chi connectivity index (χ1n) is 11.0. The van der Waals surface area contributed by atoms with Crippen LogP contribution >= 0.6 is 11.3 Å². The summed E-state index contributed by atoms with van der Waals surface area (Å²) in [7, 11) is 2.04. The molecule has 6 nitrogen and oxygen atoms in total. The second kappa shape index (κ2) is 8.16. The zero-order valence-corrected chi connectivity index (χ0v) is 18.9. The smallest absolute Gasteiger partial charge is 0.140 e. The van der Waals surface area contributed by atoms with Gasteiger partial charge in [-0.3, -0.25) is 4.90 Å². The van der Waals surface area contributed by atoms with Gasteiger partial charge in [-0.2, -0.15) is 0 Å². The number of benzene rings is 1. The second-order valence-corrected chi connectivity index (χ2v) is 9.13. The van der Waals surface area contributed by atoms with Gasteiger partial charge in [0.15, 0.2) is 0 Å². The molecule has 0 saturated carbocycles. The molecule has 0 bridgehead atoms. The summed E-state index contributed by atoms with van der Waals surface area (Å²) in [5, 5.41) is 5.62. The predicted molar refractivity (Wildman–Crippen MR) is 130 cm³/mol. The van der Waals surface area contributed by atoms with Crippen molar-refractivity contribution in [2.75, 3.05) is 32.8 Å². The van der Waals surface area contributed by atoms with E-state index in [0.717, 1.165) is 66.7 Å². The number of hydrogen-bond donors (Lipinski definition) is 0. The molecule has 0 spiro atoms. The van der Waals surface area contributed by atoms with Gasteiger partial charge in [0.05, 0.1) is 18.9 Å². The van der Waals surface area contributed by atoms with E-state index >= 15 is 0 Å². The average molecular weight is 444 g/mol. The van der Waals surface area contributed by atoms with E-state index in [1.165, 1.54) is 16.5 Å². The van der Waals surface area contributed by atoms with E-state index in [9.17, 15) is 0 Å². The lowest BCUT2D eigenvalue weighted by Gasteiger charge is -2.26. The van der Waals surface area contributed by atoms with Crippen molar-refractivity contribution in [2.24, 2.45) is 7.05 Å². The molecule has 1 saturated heterocycles. The molecular formula is C25H25N5OS. The number of pyridine rings is 1. The van der Waals surface area contributed by atoms with Crippen LogP contribution in [0.3, 0.4) is 0 Å². The maximum absolute atomic E-state index is 5.49. The van der Waals surface area contributed by atoms with Crippen molar-refractivity contribution in [2.45, 2.75) is 6.54 Å². The molecule has 1 aliphatic rings. The summed E-state index contributed by atoms with van der Waals surface area (Å²) < 4.78 is 9.94. The van der Waals surface area contributed by atoms with Gasteiger partial charge < -0.3 is 13.9 Å². The average Bonchev–Trinajstić information content (AvgIpc) is 3.55. The monoisotopic (exact) mass is 443 g/mol. The molecule has 6 rings (SSSR count). The highest BCUT2D eigenvalue weighted by Gasteiger charge is 2.17. The van der Waals surface area contributed by atoms with Crippen LogP contribution in [0.15, 0.2) is 60.4 Å². The van der Waals surface area contributed by atoms with Crippen molar-refractivity contribution in [1.29, 1.82) is 0 Å². The number of hydrogen-bond acceptors (Lipinski definition) is 5. The molecule has 0 aliphatic carbocycles. The van der Waals surface area contributed by atoms with E-state index in [-0.39, 0.29) is 0 Å². The second-order valence-electron chi connectivity index (χ2n) is 8.27. The third-order valence-corrected chi connectivity index (χ3v) is 7.17. The Morgan fingerprint density at radius 3 is 2.72 bits per heavy atom. The number of aryl methyl sites for hydroxylation is 1. The molecule has 5 aromatic rings. The molecule has 7 heteroatoms. The molecule has 5 heterocycles. The largest absolute Gasteiger partial charge is 0.379 e.